The lowest BCUT2D eigenvalue weighted by Crippen LogP contribution is -2.05. The molecular weight excluding hydrogens is 206 g/mol. The summed E-state index contributed by atoms with van der Waals surface area (Å²) >= 11 is 1.76. The molecule has 0 radical (unpaired) electrons. The Labute approximate surface area is 93.7 Å². The van der Waals surface area contributed by atoms with E-state index in [-0.39, 0.29) is 0 Å². The fourth-order valence-corrected chi connectivity index (χ4v) is 2.20. The second-order valence-corrected chi connectivity index (χ2v) is 4.66. The maximum atomic E-state index is 4.37. The van der Waals surface area contributed by atoms with Crippen molar-refractivity contribution in [3.8, 4) is 0 Å². The third kappa shape index (κ3) is 2.21. The van der Waals surface area contributed by atoms with Crippen LogP contribution in [0.3, 0.4) is 0 Å². The lowest BCUT2D eigenvalue weighted by atomic mass is 10.3. The van der Waals surface area contributed by atoms with E-state index in [2.05, 4.69) is 40.9 Å². The molecule has 2 rings (SSSR count). The number of anilines is 1. The largest absolute Gasteiger partial charge is 0.361 e. The van der Waals surface area contributed by atoms with Gasteiger partial charge in [-0.05, 0) is 25.3 Å². The second-order valence-electron chi connectivity index (χ2n) is 3.68. The fraction of sp³-hybridized carbons (Fsp3) is 0.364. The molecule has 2 aromatic rings. The summed E-state index contributed by atoms with van der Waals surface area (Å²) in [7, 11) is 1.95. The standard InChI is InChI=1S/C11H15N3S/c1-8-7-11(13-14(8)3)12-9(2)10-5-4-6-15-10/h4-7,9H,1-3H3,(H,12,13). The molecule has 0 spiro atoms. The zero-order chi connectivity index (χ0) is 10.8. The van der Waals surface area contributed by atoms with Gasteiger partial charge in [0, 0.05) is 23.7 Å². The molecule has 0 aliphatic rings. The highest BCUT2D eigenvalue weighted by Crippen LogP contribution is 2.22. The molecule has 2 aromatic heterocycles. The molecule has 0 fully saturated rings. The van der Waals surface area contributed by atoms with Crippen molar-refractivity contribution in [2.75, 3.05) is 5.32 Å². The Hall–Kier alpha value is -1.29. The molecule has 0 aliphatic heterocycles. The molecule has 0 saturated carbocycles. The van der Waals surface area contributed by atoms with Gasteiger partial charge in [-0.25, -0.2) is 0 Å². The Kier molecular flexibility index (Phi) is 2.77. The van der Waals surface area contributed by atoms with E-state index in [9.17, 15) is 0 Å². The maximum Gasteiger partial charge on any atom is 0.148 e. The van der Waals surface area contributed by atoms with Crippen LogP contribution in [0, 0.1) is 6.92 Å². The number of nitrogens with zero attached hydrogens (tertiary/aromatic N) is 2. The molecule has 4 heteroatoms. The highest BCUT2D eigenvalue weighted by molar-refractivity contribution is 7.10. The van der Waals surface area contributed by atoms with Crippen molar-refractivity contribution >= 4 is 17.2 Å². The van der Waals surface area contributed by atoms with Crippen LogP contribution in [0.15, 0.2) is 23.6 Å². The third-order valence-corrected chi connectivity index (χ3v) is 3.50. The summed E-state index contributed by atoms with van der Waals surface area (Å²) in [5.41, 5.74) is 1.16. The number of thiophene rings is 1. The van der Waals surface area contributed by atoms with Gasteiger partial charge in [-0.2, -0.15) is 5.10 Å². The summed E-state index contributed by atoms with van der Waals surface area (Å²) in [6.07, 6.45) is 0. The maximum absolute atomic E-state index is 4.37. The van der Waals surface area contributed by atoms with Gasteiger partial charge >= 0.3 is 0 Å². The minimum atomic E-state index is 0.319. The van der Waals surface area contributed by atoms with E-state index >= 15 is 0 Å². The molecule has 0 aromatic carbocycles. The van der Waals surface area contributed by atoms with Gasteiger partial charge < -0.3 is 5.32 Å². The van der Waals surface area contributed by atoms with Crippen molar-refractivity contribution in [3.05, 3.63) is 34.2 Å². The lowest BCUT2D eigenvalue weighted by molar-refractivity contribution is 0.736. The molecule has 1 N–H and O–H groups in total. The number of hydrogen-bond acceptors (Lipinski definition) is 3. The SMILES string of the molecule is Cc1cc(NC(C)c2cccs2)nn1C. The Morgan fingerprint density at radius 1 is 1.53 bits per heavy atom. The molecule has 15 heavy (non-hydrogen) atoms. The first-order chi connectivity index (χ1) is 7.16. The summed E-state index contributed by atoms with van der Waals surface area (Å²) in [6.45, 7) is 4.20. The molecular formula is C11H15N3S. The van der Waals surface area contributed by atoms with Crippen molar-refractivity contribution in [3.63, 3.8) is 0 Å². The normalized spacial score (nSPS) is 12.7. The first-order valence-corrected chi connectivity index (χ1v) is 5.85. The van der Waals surface area contributed by atoms with Crippen LogP contribution < -0.4 is 5.32 Å². The van der Waals surface area contributed by atoms with Crippen LogP contribution >= 0.6 is 11.3 Å². The number of nitrogens with one attached hydrogen (secondary N) is 1. The monoisotopic (exact) mass is 221 g/mol. The molecule has 0 aliphatic carbocycles. The van der Waals surface area contributed by atoms with Gasteiger partial charge in [0.15, 0.2) is 0 Å². The molecule has 0 amide bonds. The van der Waals surface area contributed by atoms with Gasteiger partial charge in [-0.3, -0.25) is 4.68 Å². The topological polar surface area (TPSA) is 29.9 Å². The highest BCUT2D eigenvalue weighted by atomic mass is 32.1. The summed E-state index contributed by atoms with van der Waals surface area (Å²) in [5.74, 6) is 0.941. The average molecular weight is 221 g/mol. The van der Waals surface area contributed by atoms with Crippen molar-refractivity contribution in [2.45, 2.75) is 19.9 Å². The van der Waals surface area contributed by atoms with Crippen LogP contribution in [0.2, 0.25) is 0 Å². The summed E-state index contributed by atoms with van der Waals surface area (Å²) < 4.78 is 1.88. The molecule has 0 bridgehead atoms. The Bertz CT molecular complexity index is 411. The number of rotatable bonds is 3. The average Bonchev–Trinajstić information content (AvgIpc) is 2.77. The quantitative estimate of drug-likeness (QED) is 0.863. The van der Waals surface area contributed by atoms with Crippen molar-refractivity contribution in [2.24, 2.45) is 7.05 Å². The minimum Gasteiger partial charge on any atom is -0.361 e. The van der Waals surface area contributed by atoms with Crippen LogP contribution in [0.25, 0.3) is 0 Å². The van der Waals surface area contributed by atoms with E-state index in [0.29, 0.717) is 6.04 Å². The lowest BCUT2D eigenvalue weighted by Gasteiger charge is -2.10. The van der Waals surface area contributed by atoms with Gasteiger partial charge in [0.1, 0.15) is 5.82 Å². The minimum absolute atomic E-state index is 0.319. The van der Waals surface area contributed by atoms with E-state index in [4.69, 9.17) is 0 Å². The van der Waals surface area contributed by atoms with Crippen LogP contribution in [-0.2, 0) is 7.05 Å². The van der Waals surface area contributed by atoms with E-state index in [1.807, 2.05) is 18.7 Å². The van der Waals surface area contributed by atoms with E-state index in [1.54, 1.807) is 11.3 Å². The van der Waals surface area contributed by atoms with Gasteiger partial charge in [0.2, 0.25) is 0 Å². The number of aromatic nitrogens is 2. The molecule has 1 atom stereocenters. The molecule has 3 nitrogen and oxygen atoms in total. The number of hydrogen-bond donors (Lipinski definition) is 1. The molecule has 2 heterocycles. The Morgan fingerprint density at radius 3 is 2.87 bits per heavy atom. The highest BCUT2D eigenvalue weighted by Gasteiger charge is 2.08. The van der Waals surface area contributed by atoms with Crippen LogP contribution in [0.1, 0.15) is 23.5 Å². The van der Waals surface area contributed by atoms with Crippen LogP contribution in [0.5, 0.6) is 0 Å². The zero-order valence-corrected chi connectivity index (χ0v) is 10.0. The first-order valence-electron chi connectivity index (χ1n) is 4.97. The molecule has 80 valence electrons. The van der Waals surface area contributed by atoms with E-state index in [0.717, 1.165) is 11.5 Å². The fourth-order valence-electron chi connectivity index (χ4n) is 1.46. The van der Waals surface area contributed by atoms with E-state index in [1.165, 1.54) is 4.88 Å². The second kappa shape index (κ2) is 4.06. The van der Waals surface area contributed by atoms with Gasteiger partial charge in [0.25, 0.3) is 0 Å². The molecule has 1 unspecified atom stereocenters. The van der Waals surface area contributed by atoms with Crippen LogP contribution in [-0.4, -0.2) is 9.78 Å². The van der Waals surface area contributed by atoms with Gasteiger partial charge in [-0.1, -0.05) is 6.07 Å². The van der Waals surface area contributed by atoms with Crippen molar-refractivity contribution in [1.29, 1.82) is 0 Å². The van der Waals surface area contributed by atoms with Crippen molar-refractivity contribution in [1.82, 2.24) is 9.78 Å². The smallest absolute Gasteiger partial charge is 0.148 e. The van der Waals surface area contributed by atoms with Gasteiger partial charge in [-0.15, -0.1) is 11.3 Å². The zero-order valence-electron chi connectivity index (χ0n) is 9.19. The number of aryl methyl sites for hydroxylation is 2. The van der Waals surface area contributed by atoms with Gasteiger partial charge in [0.05, 0.1) is 6.04 Å². The predicted octanol–water partition coefficient (Wildman–Crippen LogP) is 2.96. The summed E-state index contributed by atoms with van der Waals surface area (Å²) in [4.78, 5) is 1.33. The Morgan fingerprint density at radius 2 is 2.33 bits per heavy atom. The predicted molar refractivity (Wildman–Crippen MR) is 64.3 cm³/mol. The van der Waals surface area contributed by atoms with E-state index < -0.39 is 0 Å². The third-order valence-electron chi connectivity index (χ3n) is 2.45. The van der Waals surface area contributed by atoms with Crippen LogP contribution in [0.4, 0.5) is 5.82 Å². The summed E-state index contributed by atoms with van der Waals surface area (Å²) in [5, 5.41) is 9.85. The first kappa shape index (κ1) is 10.2. The Balaban J connectivity index is 2.09. The summed E-state index contributed by atoms with van der Waals surface area (Å²) in [6, 6.07) is 6.59. The molecule has 0 saturated heterocycles. The van der Waals surface area contributed by atoms with Crippen molar-refractivity contribution < 1.29 is 0 Å².